The van der Waals surface area contributed by atoms with E-state index in [0.29, 0.717) is 33.4 Å². The van der Waals surface area contributed by atoms with Crippen LogP contribution in [-0.4, -0.2) is 47.8 Å². The first-order chi connectivity index (χ1) is 22.1. The van der Waals surface area contributed by atoms with Crippen LogP contribution in [0.1, 0.15) is 105 Å². The molecule has 4 aromatic carbocycles. The van der Waals surface area contributed by atoms with Crippen molar-refractivity contribution in [2.75, 3.05) is 0 Å². The van der Waals surface area contributed by atoms with Crippen LogP contribution in [0.25, 0.3) is 11.1 Å². The second kappa shape index (κ2) is 9.34. The van der Waals surface area contributed by atoms with E-state index in [4.69, 9.17) is 18.9 Å². The summed E-state index contributed by atoms with van der Waals surface area (Å²) < 4.78 is 19.1. The number of fused-ring (bicyclic) bond motifs is 4. The number of carbonyl (C=O) groups is 8. The Hall–Kier alpha value is -6.82. The first kappa shape index (κ1) is 26.8. The fraction of sp³-hybridized carbons (Fsp3) is 0. The van der Waals surface area contributed by atoms with Gasteiger partial charge in [-0.3, -0.25) is 0 Å². The van der Waals surface area contributed by atoms with Crippen molar-refractivity contribution in [3.63, 3.8) is 0 Å². The normalized spacial score (nSPS) is 15.6. The average Bonchev–Trinajstić information content (AvgIpc) is 3.70. The lowest BCUT2D eigenvalue weighted by atomic mass is 9.83. The lowest BCUT2D eigenvalue weighted by Gasteiger charge is -2.19. The fourth-order valence-electron chi connectivity index (χ4n) is 5.87. The molecule has 220 valence electrons. The molecule has 0 N–H and O–H groups in total. The van der Waals surface area contributed by atoms with Crippen molar-refractivity contribution >= 4 is 58.9 Å². The van der Waals surface area contributed by atoms with E-state index in [2.05, 4.69) is 0 Å². The molecule has 0 bridgehead atoms. The highest BCUT2D eigenvalue weighted by molar-refractivity contribution is 6.19. The second-order valence-electron chi connectivity index (χ2n) is 10.5. The molecule has 4 aromatic rings. The highest BCUT2D eigenvalue weighted by atomic mass is 16.6. The molecule has 12 nitrogen and oxygen atoms in total. The van der Waals surface area contributed by atoms with Crippen LogP contribution in [0.3, 0.4) is 0 Å². The molecule has 0 saturated heterocycles. The molecular formula is C34H12O12. The number of cyclic esters (lactones) is 8. The summed E-state index contributed by atoms with van der Waals surface area (Å²) in [6.45, 7) is 0. The van der Waals surface area contributed by atoms with Crippen molar-refractivity contribution in [2.45, 2.75) is 0 Å². The van der Waals surface area contributed by atoms with Gasteiger partial charge in [0.1, 0.15) is 0 Å². The number of esters is 8. The van der Waals surface area contributed by atoms with E-state index < -0.39 is 47.8 Å². The number of hydrogen-bond acceptors (Lipinski definition) is 12. The van der Waals surface area contributed by atoms with Gasteiger partial charge >= 0.3 is 47.8 Å². The van der Waals surface area contributed by atoms with Gasteiger partial charge in [0.05, 0.1) is 44.5 Å². The first-order valence-electron chi connectivity index (χ1n) is 13.5. The predicted octanol–water partition coefficient (Wildman–Crippen LogP) is 3.94. The lowest BCUT2D eigenvalue weighted by Crippen LogP contribution is -2.04. The molecule has 0 aliphatic carbocycles. The van der Waals surface area contributed by atoms with E-state index in [0.717, 1.165) is 0 Å². The molecule has 0 amide bonds. The lowest BCUT2D eigenvalue weighted by molar-refractivity contribution is 0.0425. The summed E-state index contributed by atoms with van der Waals surface area (Å²) >= 11 is 0. The van der Waals surface area contributed by atoms with E-state index in [1.54, 1.807) is 0 Å². The Kier molecular flexibility index (Phi) is 5.44. The van der Waals surface area contributed by atoms with Gasteiger partial charge < -0.3 is 18.9 Å². The van der Waals surface area contributed by atoms with Gasteiger partial charge in [0.2, 0.25) is 0 Å². The highest BCUT2D eigenvalue weighted by Gasteiger charge is 2.35. The van der Waals surface area contributed by atoms with Gasteiger partial charge in [-0.2, -0.15) is 0 Å². The molecule has 0 spiro atoms. The quantitative estimate of drug-likeness (QED) is 0.141. The smallest absolute Gasteiger partial charge is 0.346 e. The molecule has 4 aliphatic rings. The van der Waals surface area contributed by atoms with E-state index in [1.807, 2.05) is 0 Å². The summed E-state index contributed by atoms with van der Waals surface area (Å²) in [7, 11) is 0. The first-order valence-corrected chi connectivity index (χ1v) is 13.5. The van der Waals surface area contributed by atoms with Gasteiger partial charge in [-0.05, 0) is 81.9 Å². The molecule has 0 radical (unpaired) electrons. The molecule has 12 heteroatoms. The Balaban J connectivity index is 1.49. The number of ether oxygens (including phenoxy) is 4. The van der Waals surface area contributed by atoms with Gasteiger partial charge in [0.15, 0.2) is 0 Å². The number of carbonyl (C=O) groups excluding carboxylic acids is 8. The molecule has 0 fully saturated rings. The average molecular weight is 612 g/mol. The molecule has 0 atom stereocenters. The van der Waals surface area contributed by atoms with E-state index >= 15 is 0 Å². The van der Waals surface area contributed by atoms with Crippen molar-refractivity contribution < 1.29 is 57.3 Å². The molecule has 4 heterocycles. The van der Waals surface area contributed by atoms with Crippen LogP contribution in [0.2, 0.25) is 0 Å². The molecule has 0 aromatic heterocycles. The van der Waals surface area contributed by atoms with Gasteiger partial charge in [0.25, 0.3) is 0 Å². The van der Waals surface area contributed by atoms with Crippen LogP contribution in [0.15, 0.2) is 72.8 Å². The second-order valence-corrected chi connectivity index (χ2v) is 10.5. The zero-order valence-electron chi connectivity index (χ0n) is 22.8. The maximum absolute atomic E-state index is 12.6. The van der Waals surface area contributed by atoms with Crippen LogP contribution < -0.4 is 0 Å². The SMILES string of the molecule is O=C1OC(=O)c2cc(C(=C(c3ccc4c(c3)C(=O)OC4=O)c3ccc4c(c3)C(=O)OC4=O)c3ccc4c(c3)C(=O)OC4=O)ccc21. The maximum atomic E-state index is 12.6. The molecule has 4 aliphatic heterocycles. The molecular weight excluding hydrogens is 600 g/mol. The van der Waals surface area contributed by atoms with Gasteiger partial charge in [0, 0.05) is 0 Å². The van der Waals surface area contributed by atoms with Crippen LogP contribution in [0.4, 0.5) is 0 Å². The number of hydrogen-bond donors (Lipinski definition) is 0. The summed E-state index contributed by atoms with van der Waals surface area (Å²) in [5.41, 5.74) is 1.78. The number of rotatable bonds is 4. The van der Waals surface area contributed by atoms with Crippen LogP contribution in [0.5, 0.6) is 0 Å². The summed E-state index contributed by atoms with van der Waals surface area (Å²) in [6, 6.07) is 17.3. The third-order valence-electron chi connectivity index (χ3n) is 7.98. The summed E-state index contributed by atoms with van der Waals surface area (Å²) in [5.74, 6) is -6.88. The zero-order valence-corrected chi connectivity index (χ0v) is 22.8. The minimum atomic E-state index is -0.886. The number of benzene rings is 4. The fourth-order valence-corrected chi connectivity index (χ4v) is 5.87. The summed E-state index contributed by atoms with van der Waals surface area (Å²) in [4.78, 5) is 99.4. The van der Waals surface area contributed by atoms with Gasteiger partial charge in [-0.1, -0.05) is 24.3 Å². The van der Waals surface area contributed by atoms with E-state index in [1.165, 1.54) is 72.8 Å². The van der Waals surface area contributed by atoms with Crippen molar-refractivity contribution in [2.24, 2.45) is 0 Å². The van der Waals surface area contributed by atoms with Crippen LogP contribution in [-0.2, 0) is 18.9 Å². The van der Waals surface area contributed by atoms with Gasteiger partial charge in [-0.15, -0.1) is 0 Å². The zero-order chi connectivity index (χ0) is 32.0. The maximum Gasteiger partial charge on any atom is 0.346 e. The highest BCUT2D eigenvalue weighted by Crippen LogP contribution is 2.41. The molecule has 0 saturated carbocycles. The van der Waals surface area contributed by atoms with Crippen molar-refractivity contribution in [3.8, 4) is 0 Å². The standard InChI is InChI=1S/C34H12O12/c35-27-17-5-1-13(9-21(17)31(39)43-27)25(14-2-6-18-22(10-14)32(40)44-28(18)36)26(15-3-7-19-23(11-15)33(41)45-29(19)37)16-4-8-20-24(12-16)34(42)46-30(20)38/h1-12H. The molecule has 46 heavy (non-hydrogen) atoms. The summed E-state index contributed by atoms with van der Waals surface area (Å²) in [5, 5.41) is 0. The Bertz CT molecular complexity index is 1980. The van der Waals surface area contributed by atoms with E-state index in [-0.39, 0.29) is 44.5 Å². The monoisotopic (exact) mass is 612 g/mol. The van der Waals surface area contributed by atoms with Gasteiger partial charge in [-0.25, -0.2) is 38.4 Å². The Morgan fingerprint density at radius 1 is 0.283 bits per heavy atom. The van der Waals surface area contributed by atoms with Crippen molar-refractivity contribution in [1.82, 2.24) is 0 Å². The molecule has 0 unspecified atom stereocenters. The largest absolute Gasteiger partial charge is 0.386 e. The minimum Gasteiger partial charge on any atom is -0.386 e. The topological polar surface area (TPSA) is 173 Å². The van der Waals surface area contributed by atoms with Crippen LogP contribution in [0, 0.1) is 0 Å². The summed E-state index contributed by atoms with van der Waals surface area (Å²) in [6.07, 6.45) is 0. The molecule has 8 rings (SSSR count). The predicted molar refractivity (Wildman–Crippen MR) is 150 cm³/mol. The Morgan fingerprint density at radius 3 is 0.696 bits per heavy atom. The van der Waals surface area contributed by atoms with Crippen molar-refractivity contribution in [1.29, 1.82) is 0 Å². The van der Waals surface area contributed by atoms with E-state index in [9.17, 15) is 38.4 Å². The van der Waals surface area contributed by atoms with Crippen molar-refractivity contribution in [3.05, 3.63) is 140 Å². The third kappa shape index (κ3) is 3.80. The minimum absolute atomic E-state index is 0.0235. The van der Waals surface area contributed by atoms with Crippen LogP contribution >= 0.6 is 0 Å². The Labute approximate surface area is 255 Å². The Morgan fingerprint density at radius 2 is 0.478 bits per heavy atom. The third-order valence-corrected chi connectivity index (χ3v) is 7.98.